The molecular formula is C17H33N3O5. The molecule has 8 heteroatoms. The van der Waals surface area contributed by atoms with Crippen molar-refractivity contribution in [2.45, 2.75) is 66.1 Å². The average molecular weight is 359 g/mol. The number of rotatable bonds is 7. The zero-order valence-electron chi connectivity index (χ0n) is 16.5. The van der Waals surface area contributed by atoms with E-state index in [-0.39, 0.29) is 19.0 Å². The van der Waals surface area contributed by atoms with Crippen LogP contribution in [0.15, 0.2) is 0 Å². The minimum absolute atomic E-state index is 0.0584. The smallest absolute Gasteiger partial charge is 0.407 e. The van der Waals surface area contributed by atoms with Crippen molar-refractivity contribution in [1.82, 2.24) is 15.5 Å². The van der Waals surface area contributed by atoms with Gasteiger partial charge in [-0.1, -0.05) is 6.92 Å². The van der Waals surface area contributed by atoms with Gasteiger partial charge in [-0.3, -0.25) is 4.79 Å². The molecule has 8 nitrogen and oxygen atoms in total. The third-order valence-electron chi connectivity index (χ3n) is 2.76. The lowest BCUT2D eigenvalue weighted by molar-refractivity contribution is -0.130. The second-order valence-corrected chi connectivity index (χ2v) is 7.59. The summed E-state index contributed by atoms with van der Waals surface area (Å²) in [6.45, 7) is 13.7. The van der Waals surface area contributed by atoms with Gasteiger partial charge in [0.15, 0.2) is 0 Å². The third kappa shape index (κ3) is 13.0. The quantitative estimate of drug-likeness (QED) is 0.727. The standard InChI is InChI=1S/C17H33N3O5/c1-8-13(21)20(11-9-18-14(22)24-16(2,3)4)12-10-19-15(23)25-17(5,6)7/h8-12H2,1-7H3,(H,18,22)(H,19,23). The Morgan fingerprint density at radius 1 is 0.800 bits per heavy atom. The van der Waals surface area contributed by atoms with Crippen LogP contribution < -0.4 is 10.6 Å². The van der Waals surface area contributed by atoms with Crippen LogP contribution in [0.1, 0.15) is 54.9 Å². The SMILES string of the molecule is CCC(=O)N(CCNC(=O)OC(C)(C)C)CCNC(=O)OC(C)(C)C. The van der Waals surface area contributed by atoms with E-state index in [1.165, 1.54) is 0 Å². The fourth-order valence-corrected chi connectivity index (χ4v) is 1.80. The van der Waals surface area contributed by atoms with Crippen molar-refractivity contribution in [3.8, 4) is 0 Å². The summed E-state index contributed by atoms with van der Waals surface area (Å²) in [6, 6.07) is 0. The summed E-state index contributed by atoms with van der Waals surface area (Å²) in [5, 5.41) is 5.22. The van der Waals surface area contributed by atoms with Crippen LogP contribution in [0.25, 0.3) is 0 Å². The van der Waals surface area contributed by atoms with E-state index in [1.807, 2.05) is 0 Å². The summed E-state index contributed by atoms with van der Waals surface area (Å²) >= 11 is 0. The molecule has 0 aromatic heterocycles. The first-order valence-corrected chi connectivity index (χ1v) is 8.55. The van der Waals surface area contributed by atoms with E-state index in [9.17, 15) is 14.4 Å². The topological polar surface area (TPSA) is 97.0 Å². The first kappa shape index (κ1) is 23.0. The van der Waals surface area contributed by atoms with Crippen molar-refractivity contribution < 1.29 is 23.9 Å². The number of nitrogens with zero attached hydrogens (tertiary/aromatic N) is 1. The molecule has 0 saturated heterocycles. The van der Waals surface area contributed by atoms with Gasteiger partial charge in [-0.25, -0.2) is 9.59 Å². The lowest BCUT2D eigenvalue weighted by Gasteiger charge is -2.24. The number of hydrogen-bond donors (Lipinski definition) is 2. The monoisotopic (exact) mass is 359 g/mol. The number of hydrogen-bond acceptors (Lipinski definition) is 5. The van der Waals surface area contributed by atoms with E-state index in [0.29, 0.717) is 19.5 Å². The van der Waals surface area contributed by atoms with E-state index in [4.69, 9.17) is 9.47 Å². The number of carbonyl (C=O) groups is 3. The Kier molecular flexibility index (Phi) is 9.30. The Labute approximate surface area is 150 Å². The first-order chi connectivity index (χ1) is 11.3. The molecule has 0 aliphatic heterocycles. The highest BCUT2D eigenvalue weighted by Gasteiger charge is 2.18. The fourth-order valence-electron chi connectivity index (χ4n) is 1.80. The van der Waals surface area contributed by atoms with Crippen LogP contribution in [-0.4, -0.2) is 60.4 Å². The summed E-state index contributed by atoms with van der Waals surface area (Å²) in [6.07, 6.45) is -0.703. The van der Waals surface area contributed by atoms with Crippen molar-refractivity contribution >= 4 is 18.1 Å². The number of carbonyl (C=O) groups excluding carboxylic acids is 3. The van der Waals surface area contributed by atoms with Gasteiger partial charge >= 0.3 is 12.2 Å². The molecule has 0 aromatic carbocycles. The van der Waals surface area contributed by atoms with Crippen molar-refractivity contribution in [3.63, 3.8) is 0 Å². The number of nitrogens with one attached hydrogen (secondary N) is 2. The molecule has 0 aromatic rings. The van der Waals surface area contributed by atoms with Gasteiger partial charge in [0, 0.05) is 32.6 Å². The van der Waals surface area contributed by atoms with Gasteiger partial charge in [-0.05, 0) is 41.5 Å². The van der Waals surface area contributed by atoms with Crippen molar-refractivity contribution in [2.24, 2.45) is 0 Å². The molecule has 0 rings (SSSR count). The van der Waals surface area contributed by atoms with Crippen LogP contribution in [0.3, 0.4) is 0 Å². The molecule has 0 heterocycles. The molecule has 0 saturated carbocycles. The summed E-state index contributed by atoms with van der Waals surface area (Å²) in [4.78, 5) is 36.7. The molecular weight excluding hydrogens is 326 g/mol. The van der Waals surface area contributed by atoms with Crippen LogP contribution in [0.5, 0.6) is 0 Å². The number of ether oxygens (including phenoxy) is 2. The Bertz CT molecular complexity index is 418. The normalized spacial score (nSPS) is 11.5. The summed E-state index contributed by atoms with van der Waals surface area (Å²) in [5.41, 5.74) is -1.14. The van der Waals surface area contributed by atoms with Gasteiger partial charge in [0.2, 0.25) is 5.91 Å². The maximum Gasteiger partial charge on any atom is 0.407 e. The molecule has 3 amide bonds. The van der Waals surface area contributed by atoms with Crippen LogP contribution in [0.4, 0.5) is 9.59 Å². The van der Waals surface area contributed by atoms with E-state index < -0.39 is 23.4 Å². The van der Waals surface area contributed by atoms with Gasteiger partial charge in [0.05, 0.1) is 0 Å². The summed E-state index contributed by atoms with van der Waals surface area (Å²) in [5.74, 6) is -0.0584. The van der Waals surface area contributed by atoms with E-state index in [0.717, 1.165) is 0 Å². The average Bonchev–Trinajstić information content (AvgIpc) is 2.40. The number of alkyl carbamates (subject to hydrolysis) is 2. The van der Waals surface area contributed by atoms with E-state index in [2.05, 4.69) is 10.6 Å². The molecule has 0 atom stereocenters. The zero-order chi connectivity index (χ0) is 19.7. The van der Waals surface area contributed by atoms with Gasteiger partial charge in [-0.15, -0.1) is 0 Å². The minimum Gasteiger partial charge on any atom is -0.444 e. The van der Waals surface area contributed by atoms with Crippen molar-refractivity contribution in [1.29, 1.82) is 0 Å². The van der Waals surface area contributed by atoms with Crippen LogP contribution >= 0.6 is 0 Å². The molecule has 0 aliphatic carbocycles. The lowest BCUT2D eigenvalue weighted by atomic mass is 10.2. The molecule has 0 fully saturated rings. The van der Waals surface area contributed by atoms with E-state index in [1.54, 1.807) is 53.4 Å². The Morgan fingerprint density at radius 3 is 1.44 bits per heavy atom. The molecule has 0 bridgehead atoms. The Balaban J connectivity index is 4.28. The maximum atomic E-state index is 12.0. The second-order valence-electron chi connectivity index (χ2n) is 7.59. The summed E-state index contributed by atoms with van der Waals surface area (Å²) in [7, 11) is 0. The van der Waals surface area contributed by atoms with Gasteiger partial charge in [0.25, 0.3) is 0 Å². The van der Waals surface area contributed by atoms with Crippen molar-refractivity contribution in [3.05, 3.63) is 0 Å². The minimum atomic E-state index is -0.569. The third-order valence-corrected chi connectivity index (χ3v) is 2.76. The first-order valence-electron chi connectivity index (χ1n) is 8.55. The predicted octanol–water partition coefficient (Wildman–Crippen LogP) is 2.27. The highest BCUT2D eigenvalue weighted by molar-refractivity contribution is 5.76. The molecule has 0 radical (unpaired) electrons. The highest BCUT2D eigenvalue weighted by atomic mass is 16.6. The zero-order valence-corrected chi connectivity index (χ0v) is 16.5. The number of amides is 3. The molecule has 0 unspecified atom stereocenters. The van der Waals surface area contributed by atoms with Crippen LogP contribution in [0.2, 0.25) is 0 Å². The van der Waals surface area contributed by atoms with Gasteiger partial charge < -0.3 is 25.0 Å². The van der Waals surface area contributed by atoms with Crippen LogP contribution in [0, 0.1) is 0 Å². The maximum absolute atomic E-state index is 12.0. The molecule has 0 spiro atoms. The largest absolute Gasteiger partial charge is 0.444 e. The van der Waals surface area contributed by atoms with Gasteiger partial charge in [0.1, 0.15) is 11.2 Å². The molecule has 25 heavy (non-hydrogen) atoms. The molecule has 0 aliphatic rings. The van der Waals surface area contributed by atoms with Crippen molar-refractivity contribution in [2.75, 3.05) is 26.2 Å². The Morgan fingerprint density at radius 2 is 1.16 bits per heavy atom. The van der Waals surface area contributed by atoms with Crippen LogP contribution in [-0.2, 0) is 14.3 Å². The molecule has 146 valence electrons. The molecule has 2 N–H and O–H groups in total. The summed E-state index contributed by atoms with van der Waals surface area (Å²) < 4.78 is 10.3. The Hall–Kier alpha value is -1.99. The van der Waals surface area contributed by atoms with Gasteiger partial charge in [-0.2, -0.15) is 0 Å². The predicted molar refractivity (Wildman–Crippen MR) is 95.3 cm³/mol. The fraction of sp³-hybridized carbons (Fsp3) is 0.824. The van der Waals surface area contributed by atoms with E-state index >= 15 is 0 Å². The second kappa shape index (κ2) is 10.1. The highest BCUT2D eigenvalue weighted by Crippen LogP contribution is 2.07. The lowest BCUT2D eigenvalue weighted by Crippen LogP contribution is -2.43.